The Morgan fingerprint density at radius 3 is 2.62 bits per heavy atom. The number of amides is 2. The minimum atomic E-state index is -0.835. The van der Waals surface area contributed by atoms with Crippen LogP contribution in [0.4, 0.5) is 4.79 Å². The fraction of sp³-hybridized carbons (Fsp3) is 0.421. The molecule has 1 fully saturated rings. The first-order valence-electron chi connectivity index (χ1n) is 8.53. The predicted octanol–water partition coefficient (Wildman–Crippen LogP) is 3.47. The Labute approximate surface area is 142 Å². The molecule has 2 aromatic rings. The van der Waals surface area contributed by atoms with Crippen LogP contribution in [0.15, 0.2) is 53.1 Å². The molecule has 0 radical (unpaired) electrons. The molecule has 2 N–H and O–H groups in total. The molecule has 0 bridgehead atoms. The van der Waals surface area contributed by atoms with Crippen molar-refractivity contribution >= 4 is 6.03 Å². The number of hydrogen-bond donors (Lipinski definition) is 2. The Balaban J connectivity index is 1.68. The topological polar surface area (TPSA) is 65.7 Å². The molecule has 5 heteroatoms. The number of carbonyl (C=O) groups is 1. The van der Waals surface area contributed by atoms with E-state index in [2.05, 4.69) is 5.32 Å². The molecule has 1 unspecified atom stereocenters. The van der Waals surface area contributed by atoms with Gasteiger partial charge in [-0.1, -0.05) is 43.2 Å². The van der Waals surface area contributed by atoms with Gasteiger partial charge in [0.15, 0.2) is 0 Å². The van der Waals surface area contributed by atoms with Crippen LogP contribution in [0.1, 0.15) is 43.1 Å². The Hall–Kier alpha value is -2.27. The quantitative estimate of drug-likeness (QED) is 0.853. The lowest BCUT2D eigenvalue weighted by atomic mass is 10.2. The standard InChI is InChI=1S/C19H24N2O3/c22-17(18-11-6-12-24-18)14-21(13-15-7-2-1-3-8-15)19(23)20-16-9-4-5-10-16/h1-3,6-8,11-12,16-17,22H,4-5,9-10,13-14H2,(H,20,23). The van der Waals surface area contributed by atoms with Crippen LogP contribution in [-0.2, 0) is 6.54 Å². The molecular weight excluding hydrogens is 304 g/mol. The molecule has 0 spiro atoms. The number of furan rings is 1. The fourth-order valence-corrected chi connectivity index (χ4v) is 3.14. The number of hydrogen-bond acceptors (Lipinski definition) is 3. The van der Waals surface area contributed by atoms with Gasteiger partial charge in [0, 0.05) is 12.6 Å². The monoisotopic (exact) mass is 328 g/mol. The number of aliphatic hydroxyl groups excluding tert-OH is 1. The summed E-state index contributed by atoms with van der Waals surface area (Å²) in [6, 6.07) is 13.4. The van der Waals surface area contributed by atoms with Crippen molar-refractivity contribution in [1.82, 2.24) is 10.2 Å². The van der Waals surface area contributed by atoms with Crippen LogP contribution < -0.4 is 5.32 Å². The highest BCUT2D eigenvalue weighted by Crippen LogP contribution is 2.20. The maximum atomic E-state index is 12.7. The molecule has 0 saturated heterocycles. The molecule has 1 atom stereocenters. The van der Waals surface area contributed by atoms with Gasteiger partial charge in [0.2, 0.25) is 0 Å². The maximum absolute atomic E-state index is 12.7. The van der Waals surface area contributed by atoms with Gasteiger partial charge < -0.3 is 19.7 Å². The van der Waals surface area contributed by atoms with Crippen LogP contribution in [0.25, 0.3) is 0 Å². The molecule has 1 aromatic carbocycles. The van der Waals surface area contributed by atoms with Crippen molar-refractivity contribution in [3.8, 4) is 0 Å². The van der Waals surface area contributed by atoms with Gasteiger partial charge in [-0.3, -0.25) is 0 Å². The Bertz CT molecular complexity index is 621. The first-order chi connectivity index (χ1) is 11.7. The third-order valence-electron chi connectivity index (χ3n) is 4.45. The van der Waals surface area contributed by atoms with Gasteiger partial charge in [0.1, 0.15) is 11.9 Å². The summed E-state index contributed by atoms with van der Waals surface area (Å²) in [6.07, 6.45) is 5.09. The molecule has 2 amide bonds. The molecule has 1 aromatic heterocycles. The van der Waals surface area contributed by atoms with Crippen molar-refractivity contribution in [3.63, 3.8) is 0 Å². The van der Waals surface area contributed by atoms with Crippen molar-refractivity contribution in [2.75, 3.05) is 6.54 Å². The van der Waals surface area contributed by atoms with Crippen LogP contribution in [0.3, 0.4) is 0 Å². The normalized spacial score (nSPS) is 16.0. The van der Waals surface area contributed by atoms with Gasteiger partial charge in [-0.25, -0.2) is 4.79 Å². The lowest BCUT2D eigenvalue weighted by Crippen LogP contribution is -2.45. The number of carbonyl (C=O) groups excluding carboxylic acids is 1. The number of nitrogens with zero attached hydrogens (tertiary/aromatic N) is 1. The lowest BCUT2D eigenvalue weighted by molar-refractivity contribution is 0.100. The molecule has 5 nitrogen and oxygen atoms in total. The van der Waals surface area contributed by atoms with E-state index in [1.165, 1.54) is 19.1 Å². The minimum absolute atomic E-state index is 0.128. The molecule has 1 heterocycles. The van der Waals surface area contributed by atoms with Gasteiger partial charge >= 0.3 is 6.03 Å². The van der Waals surface area contributed by atoms with E-state index in [9.17, 15) is 9.90 Å². The highest BCUT2D eigenvalue weighted by atomic mass is 16.4. The van der Waals surface area contributed by atoms with Crippen molar-refractivity contribution in [2.45, 2.75) is 44.4 Å². The molecular formula is C19H24N2O3. The van der Waals surface area contributed by atoms with Crippen LogP contribution in [0.2, 0.25) is 0 Å². The van der Waals surface area contributed by atoms with Crippen LogP contribution >= 0.6 is 0 Å². The van der Waals surface area contributed by atoms with E-state index in [0.29, 0.717) is 12.3 Å². The molecule has 0 aliphatic heterocycles. The summed E-state index contributed by atoms with van der Waals surface area (Å²) in [7, 11) is 0. The third kappa shape index (κ3) is 4.38. The lowest BCUT2D eigenvalue weighted by Gasteiger charge is -2.27. The Morgan fingerprint density at radius 2 is 1.96 bits per heavy atom. The van der Waals surface area contributed by atoms with E-state index >= 15 is 0 Å². The molecule has 128 valence electrons. The maximum Gasteiger partial charge on any atom is 0.318 e. The van der Waals surface area contributed by atoms with E-state index in [1.54, 1.807) is 17.0 Å². The Morgan fingerprint density at radius 1 is 1.21 bits per heavy atom. The summed E-state index contributed by atoms with van der Waals surface area (Å²) in [5.41, 5.74) is 1.03. The van der Waals surface area contributed by atoms with E-state index in [0.717, 1.165) is 18.4 Å². The summed E-state index contributed by atoms with van der Waals surface area (Å²) < 4.78 is 5.25. The van der Waals surface area contributed by atoms with Gasteiger partial charge in [-0.15, -0.1) is 0 Å². The largest absolute Gasteiger partial charge is 0.467 e. The van der Waals surface area contributed by atoms with E-state index < -0.39 is 6.10 Å². The summed E-state index contributed by atoms with van der Waals surface area (Å²) in [5, 5.41) is 13.4. The third-order valence-corrected chi connectivity index (χ3v) is 4.45. The number of aliphatic hydroxyl groups is 1. The van der Waals surface area contributed by atoms with Crippen molar-refractivity contribution < 1.29 is 14.3 Å². The average Bonchev–Trinajstić information content (AvgIpc) is 3.29. The highest BCUT2D eigenvalue weighted by Gasteiger charge is 2.24. The zero-order chi connectivity index (χ0) is 16.8. The highest BCUT2D eigenvalue weighted by molar-refractivity contribution is 5.74. The number of rotatable bonds is 6. The minimum Gasteiger partial charge on any atom is -0.467 e. The summed E-state index contributed by atoms with van der Waals surface area (Å²) >= 11 is 0. The summed E-state index contributed by atoms with van der Waals surface area (Å²) in [6.45, 7) is 0.651. The van der Waals surface area contributed by atoms with Gasteiger partial charge in [-0.05, 0) is 30.5 Å². The molecule has 1 aliphatic carbocycles. The average molecular weight is 328 g/mol. The molecule has 3 rings (SSSR count). The Kier molecular flexibility index (Phi) is 5.54. The first-order valence-corrected chi connectivity index (χ1v) is 8.53. The zero-order valence-electron chi connectivity index (χ0n) is 13.7. The zero-order valence-corrected chi connectivity index (χ0v) is 13.7. The molecule has 1 aliphatic rings. The fourth-order valence-electron chi connectivity index (χ4n) is 3.14. The van der Waals surface area contributed by atoms with Gasteiger partial charge in [0.05, 0.1) is 12.8 Å². The van der Waals surface area contributed by atoms with Crippen LogP contribution in [0, 0.1) is 0 Å². The number of benzene rings is 1. The molecule has 24 heavy (non-hydrogen) atoms. The van der Waals surface area contributed by atoms with Crippen LogP contribution in [-0.4, -0.2) is 28.6 Å². The van der Waals surface area contributed by atoms with Crippen molar-refractivity contribution in [3.05, 3.63) is 60.1 Å². The second-order valence-electron chi connectivity index (χ2n) is 6.33. The van der Waals surface area contributed by atoms with Gasteiger partial charge in [-0.2, -0.15) is 0 Å². The first kappa shape index (κ1) is 16.6. The van der Waals surface area contributed by atoms with Crippen LogP contribution in [0.5, 0.6) is 0 Å². The van der Waals surface area contributed by atoms with Gasteiger partial charge in [0.25, 0.3) is 0 Å². The second kappa shape index (κ2) is 8.02. The van der Waals surface area contributed by atoms with Crippen molar-refractivity contribution in [1.29, 1.82) is 0 Å². The number of urea groups is 1. The van der Waals surface area contributed by atoms with E-state index in [-0.39, 0.29) is 18.6 Å². The summed E-state index contributed by atoms with van der Waals surface area (Å²) in [5.74, 6) is 0.474. The summed E-state index contributed by atoms with van der Waals surface area (Å²) in [4.78, 5) is 14.3. The smallest absolute Gasteiger partial charge is 0.318 e. The molecule has 1 saturated carbocycles. The number of nitrogens with one attached hydrogen (secondary N) is 1. The van der Waals surface area contributed by atoms with E-state index in [1.807, 2.05) is 30.3 Å². The van der Waals surface area contributed by atoms with Crippen molar-refractivity contribution in [2.24, 2.45) is 0 Å². The second-order valence-corrected chi connectivity index (χ2v) is 6.33. The van der Waals surface area contributed by atoms with E-state index in [4.69, 9.17) is 4.42 Å². The SMILES string of the molecule is O=C(NC1CCCC1)N(Cc1ccccc1)CC(O)c1ccco1. The predicted molar refractivity (Wildman–Crippen MR) is 91.3 cm³/mol.